The number of rotatable bonds is 5. The molecule has 23 heavy (non-hydrogen) atoms. The minimum atomic E-state index is -0.314. The number of anilines is 1. The van der Waals surface area contributed by atoms with E-state index in [0.29, 0.717) is 22.9 Å². The highest BCUT2D eigenvalue weighted by Crippen LogP contribution is 2.28. The monoisotopic (exact) mass is 313 g/mol. The summed E-state index contributed by atoms with van der Waals surface area (Å²) in [4.78, 5) is 8.61. The van der Waals surface area contributed by atoms with Crippen LogP contribution >= 0.6 is 0 Å². The number of halogens is 1. The molecule has 0 saturated carbocycles. The van der Waals surface area contributed by atoms with Crippen LogP contribution in [-0.2, 0) is 0 Å². The predicted molar refractivity (Wildman–Crippen MR) is 84.1 cm³/mol. The van der Waals surface area contributed by atoms with Crippen LogP contribution in [0.25, 0.3) is 5.82 Å². The number of hydrogen-bond acceptors (Lipinski definition) is 5. The van der Waals surface area contributed by atoms with Gasteiger partial charge >= 0.3 is 0 Å². The first-order valence-corrected chi connectivity index (χ1v) is 7.09. The number of nitrogens with zero attached hydrogens (tertiary/aromatic N) is 4. The van der Waals surface area contributed by atoms with E-state index in [1.54, 1.807) is 42.6 Å². The second-order valence-electron chi connectivity index (χ2n) is 4.97. The summed E-state index contributed by atoms with van der Waals surface area (Å²) in [7, 11) is 1.56. The molecule has 7 heteroatoms. The van der Waals surface area contributed by atoms with E-state index < -0.39 is 0 Å². The van der Waals surface area contributed by atoms with Crippen LogP contribution in [0.5, 0.6) is 5.75 Å². The lowest BCUT2D eigenvalue weighted by Crippen LogP contribution is -2.11. The highest BCUT2D eigenvalue weighted by molar-refractivity contribution is 5.43. The molecule has 0 bridgehead atoms. The summed E-state index contributed by atoms with van der Waals surface area (Å²) < 4.78 is 20.4. The van der Waals surface area contributed by atoms with Gasteiger partial charge in [0, 0.05) is 18.0 Å². The van der Waals surface area contributed by atoms with Gasteiger partial charge in [-0.25, -0.2) is 14.1 Å². The lowest BCUT2D eigenvalue weighted by atomic mass is 10.1. The second-order valence-corrected chi connectivity index (χ2v) is 4.97. The molecule has 0 saturated heterocycles. The van der Waals surface area contributed by atoms with Gasteiger partial charge in [0.1, 0.15) is 17.4 Å². The third kappa shape index (κ3) is 3.28. The molecule has 0 spiro atoms. The average Bonchev–Trinajstić information content (AvgIpc) is 3.09. The van der Waals surface area contributed by atoms with Gasteiger partial charge < -0.3 is 10.1 Å². The minimum absolute atomic E-state index is 0.206. The first-order chi connectivity index (χ1) is 11.2. The van der Waals surface area contributed by atoms with Crippen LogP contribution in [0.4, 0.5) is 10.2 Å². The molecular formula is C16H16FN5O. The van der Waals surface area contributed by atoms with Crippen molar-refractivity contribution >= 4 is 5.82 Å². The van der Waals surface area contributed by atoms with Crippen molar-refractivity contribution in [3.63, 3.8) is 0 Å². The van der Waals surface area contributed by atoms with E-state index >= 15 is 0 Å². The maximum Gasteiger partial charge on any atom is 0.173 e. The molecule has 118 valence electrons. The molecular weight excluding hydrogens is 297 g/mol. The van der Waals surface area contributed by atoms with Gasteiger partial charge in [-0.2, -0.15) is 5.10 Å². The minimum Gasteiger partial charge on any atom is -0.496 e. The van der Waals surface area contributed by atoms with Crippen LogP contribution in [-0.4, -0.2) is 26.9 Å². The Morgan fingerprint density at radius 2 is 2.17 bits per heavy atom. The van der Waals surface area contributed by atoms with Gasteiger partial charge in [0.15, 0.2) is 5.82 Å². The molecule has 3 rings (SSSR count). The van der Waals surface area contributed by atoms with Gasteiger partial charge in [-0.1, -0.05) is 0 Å². The molecule has 2 aromatic heterocycles. The van der Waals surface area contributed by atoms with Crippen LogP contribution in [0.3, 0.4) is 0 Å². The molecule has 1 aromatic carbocycles. The fourth-order valence-corrected chi connectivity index (χ4v) is 2.28. The Morgan fingerprint density at radius 3 is 2.91 bits per heavy atom. The zero-order valence-corrected chi connectivity index (χ0v) is 12.8. The zero-order valence-electron chi connectivity index (χ0n) is 12.8. The van der Waals surface area contributed by atoms with Crippen LogP contribution in [0.2, 0.25) is 0 Å². The number of hydrogen-bond donors (Lipinski definition) is 1. The molecule has 0 fully saturated rings. The molecule has 0 aliphatic carbocycles. The number of aromatic nitrogens is 4. The summed E-state index contributed by atoms with van der Waals surface area (Å²) in [6, 6.07) is 6.02. The van der Waals surface area contributed by atoms with Gasteiger partial charge in [0.05, 0.1) is 25.5 Å². The Hall–Kier alpha value is -2.96. The normalized spacial score (nSPS) is 12.0. The third-order valence-corrected chi connectivity index (χ3v) is 3.38. The maximum absolute atomic E-state index is 13.5. The summed E-state index contributed by atoms with van der Waals surface area (Å²) in [5, 5.41) is 7.32. The van der Waals surface area contributed by atoms with Crippen LogP contribution in [0, 0.1) is 5.82 Å². The van der Waals surface area contributed by atoms with E-state index in [-0.39, 0.29) is 11.9 Å². The van der Waals surface area contributed by atoms with E-state index in [1.807, 2.05) is 13.0 Å². The lowest BCUT2D eigenvalue weighted by Gasteiger charge is -2.18. The van der Waals surface area contributed by atoms with Gasteiger partial charge in [0.25, 0.3) is 0 Å². The van der Waals surface area contributed by atoms with Crippen molar-refractivity contribution in [2.45, 2.75) is 13.0 Å². The summed E-state index contributed by atoms with van der Waals surface area (Å²) in [5.41, 5.74) is 0.707. The largest absolute Gasteiger partial charge is 0.496 e. The highest BCUT2D eigenvalue weighted by atomic mass is 19.1. The van der Waals surface area contributed by atoms with Crippen molar-refractivity contribution in [3.8, 4) is 11.6 Å². The van der Waals surface area contributed by atoms with Crippen molar-refractivity contribution < 1.29 is 9.13 Å². The molecule has 0 radical (unpaired) electrons. The highest BCUT2D eigenvalue weighted by Gasteiger charge is 2.13. The standard InChI is InChI=1S/C16H16FN5O/c1-11(13-8-12(17)4-5-14(13)23-2)20-15-9-18-10-16(21-15)22-7-3-6-19-22/h3-11H,1-2H3,(H,20,21)/t11-/m1/s1. The van der Waals surface area contributed by atoms with Crippen LogP contribution in [0.15, 0.2) is 49.1 Å². The predicted octanol–water partition coefficient (Wildman–Crippen LogP) is 2.98. The molecule has 6 nitrogen and oxygen atoms in total. The van der Waals surface area contributed by atoms with Crippen molar-refractivity contribution in [3.05, 3.63) is 60.4 Å². The van der Waals surface area contributed by atoms with Gasteiger partial charge in [-0.3, -0.25) is 4.98 Å². The maximum atomic E-state index is 13.5. The van der Waals surface area contributed by atoms with Gasteiger partial charge in [-0.05, 0) is 31.2 Å². The molecule has 1 N–H and O–H groups in total. The fraction of sp³-hybridized carbons (Fsp3) is 0.188. The first kappa shape index (κ1) is 15.0. The quantitative estimate of drug-likeness (QED) is 0.784. The number of ether oxygens (including phenoxy) is 1. The number of nitrogens with one attached hydrogen (secondary N) is 1. The van der Waals surface area contributed by atoms with Crippen LogP contribution in [0.1, 0.15) is 18.5 Å². The molecule has 1 atom stereocenters. The Labute approximate surface area is 133 Å². The topological polar surface area (TPSA) is 64.9 Å². The second kappa shape index (κ2) is 6.43. The average molecular weight is 313 g/mol. The van der Waals surface area contributed by atoms with Gasteiger partial charge in [0.2, 0.25) is 0 Å². The smallest absolute Gasteiger partial charge is 0.173 e. The van der Waals surface area contributed by atoms with Gasteiger partial charge in [-0.15, -0.1) is 0 Å². The molecule has 0 aliphatic rings. The molecule has 2 heterocycles. The van der Waals surface area contributed by atoms with Crippen molar-refractivity contribution in [2.24, 2.45) is 0 Å². The SMILES string of the molecule is COc1ccc(F)cc1[C@@H](C)Nc1cncc(-n2cccn2)n1. The van der Waals surface area contributed by atoms with E-state index in [4.69, 9.17) is 4.74 Å². The Kier molecular flexibility index (Phi) is 4.18. The Balaban J connectivity index is 1.85. The Bertz CT molecular complexity index is 791. The molecule has 3 aromatic rings. The van der Waals surface area contributed by atoms with Crippen molar-refractivity contribution in [2.75, 3.05) is 12.4 Å². The summed E-state index contributed by atoms with van der Waals surface area (Å²) >= 11 is 0. The summed E-state index contributed by atoms with van der Waals surface area (Å²) in [6.07, 6.45) is 6.68. The summed E-state index contributed by atoms with van der Waals surface area (Å²) in [6.45, 7) is 1.90. The van der Waals surface area contributed by atoms with E-state index in [9.17, 15) is 4.39 Å². The molecule has 0 amide bonds. The third-order valence-electron chi connectivity index (χ3n) is 3.38. The van der Waals surface area contributed by atoms with E-state index in [1.165, 1.54) is 12.1 Å². The van der Waals surface area contributed by atoms with Crippen molar-refractivity contribution in [1.29, 1.82) is 0 Å². The molecule has 0 unspecified atom stereocenters. The van der Waals surface area contributed by atoms with Crippen molar-refractivity contribution in [1.82, 2.24) is 19.7 Å². The first-order valence-electron chi connectivity index (χ1n) is 7.09. The fourth-order valence-electron chi connectivity index (χ4n) is 2.28. The number of methoxy groups -OCH3 is 1. The zero-order chi connectivity index (χ0) is 16.2. The molecule has 0 aliphatic heterocycles. The number of benzene rings is 1. The Morgan fingerprint density at radius 1 is 1.30 bits per heavy atom. The summed E-state index contributed by atoms with van der Waals surface area (Å²) in [5.74, 6) is 1.46. The van der Waals surface area contributed by atoms with E-state index in [2.05, 4.69) is 20.4 Å². The lowest BCUT2D eigenvalue weighted by molar-refractivity contribution is 0.406. The van der Waals surface area contributed by atoms with Crippen LogP contribution < -0.4 is 10.1 Å². The van der Waals surface area contributed by atoms with E-state index in [0.717, 1.165) is 0 Å².